The van der Waals surface area contributed by atoms with Gasteiger partial charge in [-0.2, -0.15) is 5.26 Å². The molecule has 0 radical (unpaired) electrons. The van der Waals surface area contributed by atoms with E-state index in [1.807, 2.05) is 19.9 Å². The van der Waals surface area contributed by atoms with Gasteiger partial charge in [0.2, 0.25) is 5.91 Å². The first-order valence-corrected chi connectivity index (χ1v) is 3.99. The molecule has 0 bridgehead atoms. The molecule has 0 fully saturated rings. The van der Waals surface area contributed by atoms with Crippen LogP contribution in [0.3, 0.4) is 0 Å². The van der Waals surface area contributed by atoms with Crippen molar-refractivity contribution in [2.75, 3.05) is 6.54 Å². The van der Waals surface area contributed by atoms with Crippen LogP contribution in [-0.2, 0) is 4.79 Å². The summed E-state index contributed by atoms with van der Waals surface area (Å²) in [4.78, 5) is 11.1. The molecule has 0 rings (SSSR count). The lowest BCUT2D eigenvalue weighted by Crippen LogP contribution is -2.44. The summed E-state index contributed by atoms with van der Waals surface area (Å²) in [6.45, 7) is 4.15. The van der Waals surface area contributed by atoms with Gasteiger partial charge < -0.3 is 11.1 Å². The van der Waals surface area contributed by atoms with E-state index in [0.29, 0.717) is 13.0 Å². The van der Waals surface area contributed by atoms with Crippen molar-refractivity contribution in [2.45, 2.75) is 26.3 Å². The summed E-state index contributed by atoms with van der Waals surface area (Å²) >= 11 is 0. The standard InChI is InChI=1S/C8H15N3O/c1-6(2)7(10)8(12)11-5-3-4-9/h6-7H,3,5,10H2,1-2H3,(H,11,12). The molecule has 0 heterocycles. The Kier molecular flexibility index (Phi) is 5.06. The molecule has 0 aromatic carbocycles. The molecule has 1 amide bonds. The van der Waals surface area contributed by atoms with E-state index in [2.05, 4.69) is 5.32 Å². The van der Waals surface area contributed by atoms with E-state index < -0.39 is 6.04 Å². The molecule has 0 spiro atoms. The predicted molar refractivity (Wildman–Crippen MR) is 46.1 cm³/mol. The SMILES string of the molecule is CC(C)C(N)C(=O)NCCC#N. The van der Waals surface area contributed by atoms with Gasteiger partial charge in [-0.3, -0.25) is 4.79 Å². The first-order chi connectivity index (χ1) is 5.59. The van der Waals surface area contributed by atoms with Crippen molar-refractivity contribution in [3.63, 3.8) is 0 Å². The number of rotatable bonds is 4. The largest absolute Gasteiger partial charge is 0.354 e. The van der Waals surface area contributed by atoms with E-state index in [1.165, 1.54) is 0 Å². The minimum Gasteiger partial charge on any atom is -0.354 e. The fourth-order valence-electron chi connectivity index (χ4n) is 0.662. The number of nitrogens with two attached hydrogens (primary N) is 1. The van der Waals surface area contributed by atoms with Gasteiger partial charge in [0, 0.05) is 6.54 Å². The van der Waals surface area contributed by atoms with Crippen LogP contribution < -0.4 is 11.1 Å². The van der Waals surface area contributed by atoms with Crippen LogP contribution in [0.25, 0.3) is 0 Å². The summed E-state index contributed by atoms with van der Waals surface area (Å²) in [6, 6.07) is 1.47. The number of hydrogen-bond acceptors (Lipinski definition) is 3. The first-order valence-electron chi connectivity index (χ1n) is 3.99. The van der Waals surface area contributed by atoms with Crippen LogP contribution in [0.1, 0.15) is 20.3 Å². The lowest BCUT2D eigenvalue weighted by atomic mass is 10.1. The maximum absolute atomic E-state index is 11.1. The Bertz CT molecular complexity index is 183. The Balaban J connectivity index is 3.66. The van der Waals surface area contributed by atoms with Crippen LogP contribution in [0, 0.1) is 17.2 Å². The van der Waals surface area contributed by atoms with Crippen LogP contribution in [0.2, 0.25) is 0 Å². The molecule has 1 unspecified atom stereocenters. The van der Waals surface area contributed by atoms with Crippen LogP contribution in [-0.4, -0.2) is 18.5 Å². The van der Waals surface area contributed by atoms with Gasteiger partial charge in [-0.15, -0.1) is 0 Å². The Hall–Kier alpha value is -1.08. The fourth-order valence-corrected chi connectivity index (χ4v) is 0.662. The molecule has 0 aliphatic heterocycles. The molecule has 0 saturated carbocycles. The minimum atomic E-state index is -0.469. The van der Waals surface area contributed by atoms with E-state index >= 15 is 0 Å². The summed E-state index contributed by atoms with van der Waals surface area (Å²) in [6.07, 6.45) is 0.330. The van der Waals surface area contributed by atoms with Crippen molar-refractivity contribution in [3.05, 3.63) is 0 Å². The second kappa shape index (κ2) is 5.56. The molecule has 0 aromatic rings. The maximum atomic E-state index is 11.1. The molecule has 4 nitrogen and oxygen atoms in total. The normalized spacial score (nSPS) is 12.2. The topological polar surface area (TPSA) is 78.9 Å². The average Bonchev–Trinajstić information content (AvgIpc) is 2.03. The minimum absolute atomic E-state index is 0.132. The van der Waals surface area contributed by atoms with E-state index in [9.17, 15) is 4.79 Å². The summed E-state index contributed by atoms with van der Waals surface area (Å²) in [7, 11) is 0. The highest BCUT2D eigenvalue weighted by Gasteiger charge is 2.15. The van der Waals surface area contributed by atoms with E-state index in [0.717, 1.165) is 0 Å². The maximum Gasteiger partial charge on any atom is 0.237 e. The second-order valence-electron chi connectivity index (χ2n) is 2.97. The van der Waals surface area contributed by atoms with Gasteiger partial charge in [-0.1, -0.05) is 13.8 Å². The zero-order valence-electron chi connectivity index (χ0n) is 7.50. The lowest BCUT2D eigenvalue weighted by Gasteiger charge is -2.14. The van der Waals surface area contributed by atoms with Crippen molar-refractivity contribution in [2.24, 2.45) is 11.7 Å². The van der Waals surface area contributed by atoms with Gasteiger partial charge in [0.15, 0.2) is 0 Å². The van der Waals surface area contributed by atoms with Crippen molar-refractivity contribution >= 4 is 5.91 Å². The quantitative estimate of drug-likeness (QED) is 0.581. The number of nitriles is 1. The zero-order valence-corrected chi connectivity index (χ0v) is 7.50. The highest BCUT2D eigenvalue weighted by molar-refractivity contribution is 5.81. The average molecular weight is 169 g/mol. The molecule has 68 valence electrons. The molecular formula is C8H15N3O. The summed E-state index contributed by atoms with van der Waals surface area (Å²) < 4.78 is 0. The highest BCUT2D eigenvalue weighted by atomic mass is 16.2. The molecule has 4 heteroatoms. The number of nitrogens with zero attached hydrogens (tertiary/aromatic N) is 1. The van der Waals surface area contributed by atoms with E-state index in [1.54, 1.807) is 0 Å². The monoisotopic (exact) mass is 169 g/mol. The number of amides is 1. The lowest BCUT2D eigenvalue weighted by molar-refractivity contribution is -0.123. The van der Waals surface area contributed by atoms with E-state index in [4.69, 9.17) is 11.0 Å². The first kappa shape index (κ1) is 10.9. The Labute approximate surface area is 72.7 Å². The number of hydrogen-bond donors (Lipinski definition) is 2. The predicted octanol–water partition coefficient (Wildman–Crippen LogP) is -0.000420. The Morgan fingerprint density at radius 3 is 2.67 bits per heavy atom. The summed E-state index contributed by atoms with van der Waals surface area (Å²) in [5.41, 5.74) is 5.55. The molecule has 0 aromatic heterocycles. The Morgan fingerprint density at radius 1 is 1.67 bits per heavy atom. The number of carbonyl (C=O) groups is 1. The van der Waals surface area contributed by atoms with Gasteiger partial charge in [0.25, 0.3) is 0 Å². The van der Waals surface area contributed by atoms with Gasteiger partial charge >= 0.3 is 0 Å². The second-order valence-corrected chi connectivity index (χ2v) is 2.97. The molecule has 0 aliphatic rings. The fraction of sp³-hybridized carbons (Fsp3) is 0.750. The van der Waals surface area contributed by atoms with Crippen LogP contribution in [0.4, 0.5) is 0 Å². The molecule has 0 saturated heterocycles. The van der Waals surface area contributed by atoms with Crippen molar-refractivity contribution in [1.29, 1.82) is 5.26 Å². The third kappa shape index (κ3) is 3.94. The molecule has 3 N–H and O–H groups in total. The van der Waals surface area contributed by atoms with Gasteiger partial charge in [0.05, 0.1) is 18.5 Å². The van der Waals surface area contributed by atoms with Crippen molar-refractivity contribution in [1.82, 2.24) is 5.32 Å². The van der Waals surface area contributed by atoms with Gasteiger partial charge in [-0.25, -0.2) is 0 Å². The van der Waals surface area contributed by atoms with Gasteiger partial charge in [-0.05, 0) is 5.92 Å². The molecule has 0 aliphatic carbocycles. The zero-order chi connectivity index (χ0) is 9.56. The summed E-state index contributed by atoms with van der Waals surface area (Å²) in [5.74, 6) is -0.0488. The highest BCUT2D eigenvalue weighted by Crippen LogP contribution is 1.97. The van der Waals surface area contributed by atoms with Crippen LogP contribution >= 0.6 is 0 Å². The number of nitrogens with one attached hydrogen (secondary N) is 1. The molecule has 1 atom stereocenters. The molecule has 12 heavy (non-hydrogen) atoms. The van der Waals surface area contributed by atoms with Crippen molar-refractivity contribution < 1.29 is 4.79 Å². The number of carbonyl (C=O) groups excluding carboxylic acids is 1. The Morgan fingerprint density at radius 2 is 2.25 bits per heavy atom. The van der Waals surface area contributed by atoms with Crippen LogP contribution in [0.5, 0.6) is 0 Å². The molecular weight excluding hydrogens is 154 g/mol. The third-order valence-corrected chi connectivity index (χ3v) is 1.56. The summed E-state index contributed by atoms with van der Waals surface area (Å²) in [5, 5.41) is 10.8. The van der Waals surface area contributed by atoms with Crippen molar-refractivity contribution in [3.8, 4) is 6.07 Å². The van der Waals surface area contributed by atoms with E-state index in [-0.39, 0.29) is 11.8 Å². The van der Waals surface area contributed by atoms with Gasteiger partial charge in [0.1, 0.15) is 0 Å². The third-order valence-electron chi connectivity index (χ3n) is 1.56. The van der Waals surface area contributed by atoms with Crippen LogP contribution in [0.15, 0.2) is 0 Å². The smallest absolute Gasteiger partial charge is 0.237 e.